The SMILES string of the molecule is COc1cc2nc(C)sc2cc1NC(=O)CC1COCCN1. The molecule has 1 aromatic heterocycles. The molecule has 2 heterocycles. The van der Waals surface area contributed by atoms with Gasteiger partial charge in [0.2, 0.25) is 5.91 Å². The maximum atomic E-state index is 12.2. The van der Waals surface area contributed by atoms with E-state index in [1.807, 2.05) is 19.1 Å². The molecule has 0 saturated carbocycles. The molecule has 1 atom stereocenters. The van der Waals surface area contributed by atoms with Gasteiger partial charge in [-0.2, -0.15) is 0 Å². The lowest BCUT2D eigenvalue weighted by molar-refractivity contribution is -0.117. The van der Waals surface area contributed by atoms with Crippen molar-refractivity contribution in [2.75, 3.05) is 32.2 Å². The van der Waals surface area contributed by atoms with Crippen molar-refractivity contribution >= 4 is 33.1 Å². The molecule has 1 aliphatic heterocycles. The first kappa shape index (κ1) is 15.2. The second kappa shape index (κ2) is 6.60. The van der Waals surface area contributed by atoms with Crippen LogP contribution in [-0.4, -0.2) is 43.8 Å². The van der Waals surface area contributed by atoms with Crippen LogP contribution in [0.25, 0.3) is 10.2 Å². The first-order valence-electron chi connectivity index (χ1n) is 7.22. The Balaban J connectivity index is 1.75. The van der Waals surface area contributed by atoms with Crippen molar-refractivity contribution in [3.63, 3.8) is 0 Å². The number of fused-ring (bicyclic) bond motifs is 1. The van der Waals surface area contributed by atoms with Crippen molar-refractivity contribution < 1.29 is 14.3 Å². The molecule has 2 N–H and O–H groups in total. The molecule has 1 unspecified atom stereocenters. The van der Waals surface area contributed by atoms with Gasteiger partial charge in [0.1, 0.15) is 5.75 Å². The maximum Gasteiger partial charge on any atom is 0.226 e. The fourth-order valence-corrected chi connectivity index (χ4v) is 3.36. The summed E-state index contributed by atoms with van der Waals surface area (Å²) in [5.74, 6) is 0.570. The Morgan fingerprint density at radius 2 is 2.45 bits per heavy atom. The fourth-order valence-electron chi connectivity index (χ4n) is 2.51. The van der Waals surface area contributed by atoms with E-state index in [1.54, 1.807) is 18.4 Å². The van der Waals surface area contributed by atoms with Gasteiger partial charge in [-0.05, 0) is 13.0 Å². The van der Waals surface area contributed by atoms with Crippen LogP contribution in [0.5, 0.6) is 5.75 Å². The zero-order valence-electron chi connectivity index (χ0n) is 12.6. The van der Waals surface area contributed by atoms with Gasteiger partial charge in [0.15, 0.2) is 0 Å². The molecule has 1 aliphatic rings. The van der Waals surface area contributed by atoms with Gasteiger partial charge in [0.25, 0.3) is 0 Å². The van der Waals surface area contributed by atoms with Gasteiger partial charge in [-0.25, -0.2) is 4.98 Å². The van der Waals surface area contributed by atoms with E-state index < -0.39 is 0 Å². The van der Waals surface area contributed by atoms with Crippen molar-refractivity contribution in [1.29, 1.82) is 0 Å². The van der Waals surface area contributed by atoms with Crippen LogP contribution in [0.1, 0.15) is 11.4 Å². The van der Waals surface area contributed by atoms with E-state index >= 15 is 0 Å². The van der Waals surface area contributed by atoms with Crippen LogP contribution in [0.4, 0.5) is 5.69 Å². The summed E-state index contributed by atoms with van der Waals surface area (Å²) in [5.41, 5.74) is 1.57. The minimum absolute atomic E-state index is 0.0538. The van der Waals surface area contributed by atoms with E-state index in [4.69, 9.17) is 9.47 Å². The normalized spacial score (nSPS) is 18.4. The summed E-state index contributed by atoms with van der Waals surface area (Å²) >= 11 is 1.60. The van der Waals surface area contributed by atoms with Crippen LogP contribution in [0, 0.1) is 6.92 Å². The van der Waals surface area contributed by atoms with Crippen molar-refractivity contribution in [1.82, 2.24) is 10.3 Å². The molecule has 0 bridgehead atoms. The molecule has 7 heteroatoms. The van der Waals surface area contributed by atoms with E-state index in [2.05, 4.69) is 15.6 Å². The number of anilines is 1. The molecule has 1 amide bonds. The maximum absolute atomic E-state index is 12.2. The summed E-state index contributed by atoms with van der Waals surface area (Å²) in [7, 11) is 1.59. The van der Waals surface area contributed by atoms with E-state index in [9.17, 15) is 4.79 Å². The van der Waals surface area contributed by atoms with Crippen LogP contribution in [0.3, 0.4) is 0 Å². The molecule has 0 radical (unpaired) electrons. The first-order valence-corrected chi connectivity index (χ1v) is 8.03. The van der Waals surface area contributed by atoms with Crippen LogP contribution in [-0.2, 0) is 9.53 Å². The minimum Gasteiger partial charge on any atom is -0.494 e. The first-order chi connectivity index (χ1) is 10.7. The minimum atomic E-state index is -0.0538. The molecule has 3 rings (SSSR count). The van der Waals surface area contributed by atoms with Gasteiger partial charge in [-0.1, -0.05) is 0 Å². The molecule has 118 valence electrons. The Labute approximate surface area is 132 Å². The number of rotatable bonds is 4. The number of aromatic nitrogens is 1. The number of thiazole rings is 1. The highest BCUT2D eigenvalue weighted by atomic mass is 32.1. The summed E-state index contributed by atoms with van der Waals surface area (Å²) in [6, 6.07) is 3.84. The third-order valence-electron chi connectivity index (χ3n) is 3.52. The number of carbonyl (C=O) groups excluding carboxylic acids is 1. The summed E-state index contributed by atoms with van der Waals surface area (Å²) < 4.78 is 11.8. The Morgan fingerprint density at radius 1 is 1.59 bits per heavy atom. The second-order valence-electron chi connectivity index (χ2n) is 5.23. The average Bonchev–Trinajstić information content (AvgIpc) is 2.86. The predicted molar refractivity (Wildman–Crippen MR) is 86.8 cm³/mol. The number of ether oxygens (including phenoxy) is 2. The quantitative estimate of drug-likeness (QED) is 0.900. The van der Waals surface area contributed by atoms with E-state index in [1.165, 1.54) is 0 Å². The predicted octanol–water partition coefficient (Wildman–Crippen LogP) is 1.93. The van der Waals surface area contributed by atoms with Crippen molar-refractivity contribution in [2.45, 2.75) is 19.4 Å². The third kappa shape index (κ3) is 3.37. The highest BCUT2D eigenvalue weighted by Gasteiger charge is 2.18. The van der Waals surface area contributed by atoms with Crippen LogP contribution < -0.4 is 15.4 Å². The molecule has 22 heavy (non-hydrogen) atoms. The molecule has 0 spiro atoms. The number of carbonyl (C=O) groups is 1. The molecular formula is C15H19N3O3S. The number of hydrogen-bond acceptors (Lipinski definition) is 6. The number of nitrogens with zero attached hydrogens (tertiary/aromatic N) is 1. The smallest absolute Gasteiger partial charge is 0.226 e. The van der Waals surface area contributed by atoms with Gasteiger partial charge in [-0.3, -0.25) is 4.79 Å². The number of amides is 1. The highest BCUT2D eigenvalue weighted by Crippen LogP contribution is 2.33. The molecule has 1 aromatic carbocycles. The van der Waals surface area contributed by atoms with Gasteiger partial charge < -0.3 is 20.1 Å². The second-order valence-corrected chi connectivity index (χ2v) is 6.47. The van der Waals surface area contributed by atoms with Gasteiger partial charge in [0.05, 0.1) is 41.2 Å². The average molecular weight is 321 g/mol. The molecule has 1 saturated heterocycles. The topological polar surface area (TPSA) is 72.5 Å². The number of morpholine rings is 1. The van der Waals surface area contributed by atoms with Gasteiger partial charge >= 0.3 is 0 Å². The van der Waals surface area contributed by atoms with Crippen LogP contribution in [0.15, 0.2) is 12.1 Å². The van der Waals surface area contributed by atoms with Crippen molar-refractivity contribution in [3.05, 3.63) is 17.1 Å². The lowest BCUT2D eigenvalue weighted by Gasteiger charge is -2.23. The van der Waals surface area contributed by atoms with Crippen molar-refractivity contribution in [2.24, 2.45) is 0 Å². The molecular weight excluding hydrogens is 302 g/mol. The number of hydrogen-bond donors (Lipinski definition) is 2. The highest BCUT2D eigenvalue weighted by molar-refractivity contribution is 7.18. The standard InChI is InChI=1S/C15H19N3O3S/c1-9-17-12-6-13(20-2)11(7-14(12)22-9)18-15(19)5-10-8-21-4-3-16-10/h6-7,10,16H,3-5,8H2,1-2H3,(H,18,19). The van der Waals surface area contributed by atoms with Crippen molar-refractivity contribution in [3.8, 4) is 5.75 Å². The monoisotopic (exact) mass is 321 g/mol. The third-order valence-corrected chi connectivity index (χ3v) is 4.45. The summed E-state index contributed by atoms with van der Waals surface area (Å²) in [6.07, 6.45) is 0.378. The zero-order chi connectivity index (χ0) is 15.5. The van der Waals surface area contributed by atoms with E-state index in [0.717, 1.165) is 21.8 Å². The Bertz CT molecular complexity index is 680. The Kier molecular flexibility index (Phi) is 4.56. The molecule has 6 nitrogen and oxygen atoms in total. The van der Waals surface area contributed by atoms with Gasteiger partial charge in [-0.15, -0.1) is 11.3 Å². The molecule has 2 aromatic rings. The number of methoxy groups -OCH3 is 1. The number of benzene rings is 1. The summed E-state index contributed by atoms with van der Waals surface area (Å²) in [5, 5.41) is 7.19. The Morgan fingerprint density at radius 3 is 3.18 bits per heavy atom. The molecule has 1 fully saturated rings. The van der Waals surface area contributed by atoms with Crippen LogP contribution >= 0.6 is 11.3 Å². The largest absolute Gasteiger partial charge is 0.494 e. The van der Waals surface area contributed by atoms with Gasteiger partial charge in [0, 0.05) is 25.1 Å². The lowest BCUT2D eigenvalue weighted by Crippen LogP contribution is -2.43. The lowest BCUT2D eigenvalue weighted by atomic mass is 10.2. The number of nitrogens with one attached hydrogen (secondary N) is 2. The fraction of sp³-hybridized carbons (Fsp3) is 0.467. The summed E-state index contributed by atoms with van der Waals surface area (Å²) in [4.78, 5) is 16.7. The molecule has 0 aliphatic carbocycles. The van der Waals surface area contributed by atoms with E-state index in [-0.39, 0.29) is 11.9 Å². The zero-order valence-corrected chi connectivity index (χ0v) is 13.5. The summed E-state index contributed by atoms with van der Waals surface area (Å²) in [6.45, 7) is 4.02. The van der Waals surface area contributed by atoms with E-state index in [0.29, 0.717) is 31.1 Å². The Hall–Kier alpha value is -1.70. The van der Waals surface area contributed by atoms with Crippen LogP contribution in [0.2, 0.25) is 0 Å². The number of aryl methyl sites for hydroxylation is 1.